The van der Waals surface area contributed by atoms with E-state index in [1.807, 2.05) is 0 Å². The molecule has 0 saturated heterocycles. The molecule has 2 heteroatoms. The summed E-state index contributed by atoms with van der Waals surface area (Å²) in [7, 11) is 0. The summed E-state index contributed by atoms with van der Waals surface area (Å²) in [6.07, 6.45) is 5.90. The highest BCUT2D eigenvalue weighted by Crippen LogP contribution is 1.98. The van der Waals surface area contributed by atoms with Gasteiger partial charge in [-0.2, -0.15) is 0 Å². The monoisotopic (exact) mass is 142 g/mol. The highest BCUT2D eigenvalue weighted by Gasteiger charge is 1.95. The van der Waals surface area contributed by atoms with Crippen molar-refractivity contribution in [2.24, 2.45) is 0 Å². The predicted molar refractivity (Wildman–Crippen MR) is 41.7 cm³/mol. The molecule has 0 saturated carbocycles. The SMILES string of the molecule is C=CCC(O)CC=CCO. The van der Waals surface area contributed by atoms with Crippen LogP contribution in [0.5, 0.6) is 0 Å². The number of hydrogen-bond acceptors (Lipinski definition) is 2. The first-order valence-electron chi connectivity index (χ1n) is 3.36. The van der Waals surface area contributed by atoms with E-state index < -0.39 is 0 Å². The number of aliphatic hydroxyl groups is 2. The third-order valence-corrected chi connectivity index (χ3v) is 1.12. The lowest BCUT2D eigenvalue weighted by atomic mass is 10.2. The minimum absolute atomic E-state index is 0.0425. The third kappa shape index (κ3) is 5.54. The molecule has 0 fully saturated rings. The molecule has 10 heavy (non-hydrogen) atoms. The fraction of sp³-hybridized carbons (Fsp3) is 0.500. The lowest BCUT2D eigenvalue weighted by Gasteiger charge is -2.01. The van der Waals surface area contributed by atoms with Gasteiger partial charge in [0.25, 0.3) is 0 Å². The average Bonchev–Trinajstić information content (AvgIpc) is 1.89. The topological polar surface area (TPSA) is 40.5 Å². The van der Waals surface area contributed by atoms with E-state index in [0.717, 1.165) is 0 Å². The lowest BCUT2D eigenvalue weighted by molar-refractivity contribution is 0.181. The highest BCUT2D eigenvalue weighted by atomic mass is 16.3. The first-order chi connectivity index (χ1) is 4.81. The van der Waals surface area contributed by atoms with Gasteiger partial charge >= 0.3 is 0 Å². The summed E-state index contributed by atoms with van der Waals surface area (Å²) in [6, 6.07) is 0. The smallest absolute Gasteiger partial charge is 0.0612 e. The van der Waals surface area contributed by atoms with Gasteiger partial charge in [0.05, 0.1) is 12.7 Å². The van der Waals surface area contributed by atoms with Gasteiger partial charge in [-0.05, 0) is 12.8 Å². The molecule has 0 aliphatic heterocycles. The molecule has 1 atom stereocenters. The molecule has 0 spiro atoms. The van der Waals surface area contributed by atoms with Crippen molar-refractivity contribution in [2.75, 3.05) is 6.61 Å². The Labute approximate surface area is 61.5 Å². The second-order valence-electron chi connectivity index (χ2n) is 2.07. The van der Waals surface area contributed by atoms with Crippen LogP contribution in [0.2, 0.25) is 0 Å². The Morgan fingerprint density at radius 1 is 1.30 bits per heavy atom. The Morgan fingerprint density at radius 3 is 2.50 bits per heavy atom. The maximum absolute atomic E-state index is 9.07. The van der Waals surface area contributed by atoms with Crippen molar-refractivity contribution in [2.45, 2.75) is 18.9 Å². The van der Waals surface area contributed by atoms with Gasteiger partial charge in [-0.15, -0.1) is 6.58 Å². The van der Waals surface area contributed by atoms with Crippen LogP contribution in [0.3, 0.4) is 0 Å². The van der Waals surface area contributed by atoms with Gasteiger partial charge in [0.2, 0.25) is 0 Å². The van der Waals surface area contributed by atoms with Crippen LogP contribution in [-0.2, 0) is 0 Å². The average molecular weight is 142 g/mol. The van der Waals surface area contributed by atoms with Crippen molar-refractivity contribution in [3.63, 3.8) is 0 Å². The Morgan fingerprint density at radius 2 is 2.00 bits per heavy atom. The second-order valence-corrected chi connectivity index (χ2v) is 2.07. The summed E-state index contributed by atoms with van der Waals surface area (Å²) in [5.41, 5.74) is 0. The molecule has 0 radical (unpaired) electrons. The van der Waals surface area contributed by atoms with Gasteiger partial charge in [0.1, 0.15) is 0 Å². The van der Waals surface area contributed by atoms with Crippen LogP contribution in [0, 0.1) is 0 Å². The van der Waals surface area contributed by atoms with Crippen LogP contribution in [-0.4, -0.2) is 22.9 Å². The maximum Gasteiger partial charge on any atom is 0.0612 e. The fourth-order valence-corrected chi connectivity index (χ4v) is 0.616. The molecule has 0 aromatic rings. The molecule has 58 valence electrons. The van der Waals surface area contributed by atoms with E-state index in [1.165, 1.54) is 0 Å². The van der Waals surface area contributed by atoms with Crippen molar-refractivity contribution in [3.05, 3.63) is 24.8 Å². The molecule has 0 aromatic carbocycles. The largest absolute Gasteiger partial charge is 0.392 e. The Balaban J connectivity index is 3.28. The molecule has 0 rings (SSSR count). The van der Waals surface area contributed by atoms with E-state index in [9.17, 15) is 0 Å². The van der Waals surface area contributed by atoms with E-state index in [4.69, 9.17) is 10.2 Å². The summed E-state index contributed by atoms with van der Waals surface area (Å²) in [4.78, 5) is 0. The maximum atomic E-state index is 9.07. The first kappa shape index (κ1) is 9.40. The van der Waals surface area contributed by atoms with Crippen molar-refractivity contribution in [1.29, 1.82) is 0 Å². The van der Waals surface area contributed by atoms with E-state index >= 15 is 0 Å². The zero-order valence-electron chi connectivity index (χ0n) is 6.03. The molecule has 0 heterocycles. The van der Waals surface area contributed by atoms with E-state index in [1.54, 1.807) is 18.2 Å². The molecule has 0 bridgehead atoms. The summed E-state index contributed by atoms with van der Waals surface area (Å²) >= 11 is 0. The third-order valence-electron chi connectivity index (χ3n) is 1.12. The summed E-state index contributed by atoms with van der Waals surface area (Å²) in [5.74, 6) is 0. The van der Waals surface area contributed by atoms with Crippen molar-refractivity contribution >= 4 is 0 Å². The van der Waals surface area contributed by atoms with Crippen LogP contribution >= 0.6 is 0 Å². The van der Waals surface area contributed by atoms with Gasteiger partial charge in [-0.1, -0.05) is 18.2 Å². The molecule has 2 N–H and O–H groups in total. The zero-order chi connectivity index (χ0) is 7.82. The van der Waals surface area contributed by atoms with E-state index in [-0.39, 0.29) is 12.7 Å². The Kier molecular flexibility index (Phi) is 6.13. The van der Waals surface area contributed by atoms with Gasteiger partial charge < -0.3 is 10.2 Å². The minimum Gasteiger partial charge on any atom is -0.392 e. The fourth-order valence-electron chi connectivity index (χ4n) is 0.616. The predicted octanol–water partition coefficient (Wildman–Crippen LogP) is 0.862. The standard InChI is InChI=1S/C8H14O2/c1-2-5-8(10)6-3-4-7-9/h2-4,8-10H,1,5-7H2. The number of aliphatic hydroxyl groups excluding tert-OH is 2. The highest BCUT2D eigenvalue weighted by molar-refractivity contribution is 4.85. The molecule has 2 nitrogen and oxygen atoms in total. The normalized spacial score (nSPS) is 13.8. The summed E-state index contributed by atoms with van der Waals surface area (Å²) < 4.78 is 0. The van der Waals surface area contributed by atoms with Crippen molar-refractivity contribution in [1.82, 2.24) is 0 Å². The van der Waals surface area contributed by atoms with Crippen LogP contribution in [0.25, 0.3) is 0 Å². The van der Waals surface area contributed by atoms with Crippen molar-refractivity contribution < 1.29 is 10.2 Å². The molecule has 0 aliphatic carbocycles. The van der Waals surface area contributed by atoms with Crippen LogP contribution in [0.4, 0.5) is 0 Å². The Hall–Kier alpha value is -0.600. The molecule has 0 aromatic heterocycles. The van der Waals surface area contributed by atoms with E-state index in [2.05, 4.69) is 6.58 Å². The molecular weight excluding hydrogens is 128 g/mol. The second kappa shape index (κ2) is 6.52. The number of hydrogen-bond donors (Lipinski definition) is 2. The van der Waals surface area contributed by atoms with Crippen LogP contribution in [0.15, 0.2) is 24.8 Å². The zero-order valence-corrected chi connectivity index (χ0v) is 6.03. The van der Waals surface area contributed by atoms with Gasteiger partial charge in [0, 0.05) is 0 Å². The summed E-state index contributed by atoms with van der Waals surface area (Å²) in [5, 5.41) is 17.4. The molecule has 0 aliphatic rings. The van der Waals surface area contributed by atoms with Crippen LogP contribution in [0.1, 0.15) is 12.8 Å². The molecule has 0 amide bonds. The van der Waals surface area contributed by atoms with Gasteiger partial charge in [-0.25, -0.2) is 0 Å². The number of rotatable bonds is 5. The quantitative estimate of drug-likeness (QED) is 0.559. The summed E-state index contributed by atoms with van der Waals surface area (Å²) in [6.45, 7) is 3.54. The van der Waals surface area contributed by atoms with E-state index in [0.29, 0.717) is 12.8 Å². The molecule has 1 unspecified atom stereocenters. The minimum atomic E-state index is -0.347. The van der Waals surface area contributed by atoms with Crippen LogP contribution < -0.4 is 0 Å². The van der Waals surface area contributed by atoms with Crippen molar-refractivity contribution in [3.8, 4) is 0 Å². The molecular formula is C8H14O2. The lowest BCUT2D eigenvalue weighted by Crippen LogP contribution is -2.01. The van der Waals surface area contributed by atoms with Gasteiger partial charge in [0.15, 0.2) is 0 Å². The Bertz CT molecular complexity index is 108. The van der Waals surface area contributed by atoms with Gasteiger partial charge in [-0.3, -0.25) is 0 Å². The first-order valence-corrected chi connectivity index (χ1v) is 3.36.